The van der Waals surface area contributed by atoms with Crippen molar-refractivity contribution in [1.82, 2.24) is 20.6 Å². The maximum atomic E-state index is 14.3. The van der Waals surface area contributed by atoms with Crippen LogP contribution < -0.4 is 24.8 Å². The lowest BCUT2D eigenvalue weighted by molar-refractivity contribution is -0.140. The lowest BCUT2D eigenvalue weighted by Gasteiger charge is -2.41. The highest BCUT2D eigenvalue weighted by atomic mass is 35.5. The van der Waals surface area contributed by atoms with Gasteiger partial charge in [-0.25, -0.2) is 4.98 Å². The average molecular weight is 741 g/mol. The van der Waals surface area contributed by atoms with E-state index in [-0.39, 0.29) is 24.0 Å². The number of carboxylic acid groups (broad SMARTS) is 1. The van der Waals surface area contributed by atoms with Crippen molar-refractivity contribution >= 4 is 17.6 Å². The fourth-order valence-corrected chi connectivity index (χ4v) is 7.19. The Kier molecular flexibility index (Phi) is 10.7. The number of nitrogens with zero attached hydrogens (tertiary/aromatic N) is 2. The lowest BCUT2D eigenvalue weighted by Crippen LogP contribution is -2.51. The van der Waals surface area contributed by atoms with Gasteiger partial charge < -0.3 is 35.1 Å². The largest absolute Gasteiger partial charge is 0.481 e. The minimum absolute atomic E-state index is 0.0428. The Morgan fingerprint density at radius 2 is 1.65 bits per heavy atom. The molecule has 10 nitrogen and oxygen atoms in total. The number of nitrogens with one attached hydrogen (secondary N) is 2. The summed E-state index contributed by atoms with van der Waals surface area (Å²) in [6.45, 7) is 3.53. The predicted octanol–water partition coefficient (Wildman–Crippen LogP) is 7.13. The number of alkyl halides is 3. The van der Waals surface area contributed by atoms with E-state index in [2.05, 4.69) is 15.6 Å². The van der Waals surface area contributed by atoms with Crippen LogP contribution in [0.2, 0.25) is 5.02 Å². The van der Waals surface area contributed by atoms with E-state index >= 15 is 0 Å². The summed E-state index contributed by atoms with van der Waals surface area (Å²) in [6, 6.07) is 15.1. The zero-order valence-electron chi connectivity index (χ0n) is 29.1. The molecular weight excluding hydrogens is 701 g/mol. The van der Waals surface area contributed by atoms with Crippen LogP contribution in [-0.2, 0) is 30.5 Å². The summed E-state index contributed by atoms with van der Waals surface area (Å²) in [5.74, 6) is -1.42. The Morgan fingerprint density at radius 1 is 0.981 bits per heavy atom. The van der Waals surface area contributed by atoms with Gasteiger partial charge in [0.2, 0.25) is 17.6 Å². The molecule has 2 heterocycles. The maximum Gasteiger partial charge on any atom is 0.421 e. The van der Waals surface area contributed by atoms with E-state index in [4.69, 9.17) is 30.8 Å². The van der Waals surface area contributed by atoms with E-state index in [0.717, 1.165) is 33.9 Å². The molecule has 4 N–H and O–H groups in total. The molecule has 0 aliphatic heterocycles. The number of aliphatic carboxylic acids is 1. The second kappa shape index (κ2) is 14.9. The number of pyridine rings is 2. The van der Waals surface area contributed by atoms with Gasteiger partial charge in [-0.2, -0.15) is 18.2 Å². The zero-order valence-corrected chi connectivity index (χ0v) is 29.9. The van der Waals surface area contributed by atoms with Crippen LogP contribution in [0.4, 0.5) is 13.2 Å². The van der Waals surface area contributed by atoms with Gasteiger partial charge in [-0.15, -0.1) is 0 Å². The number of carbonyl (C=O) groups is 1. The van der Waals surface area contributed by atoms with Crippen molar-refractivity contribution in [2.45, 2.75) is 82.6 Å². The highest BCUT2D eigenvalue weighted by molar-refractivity contribution is 6.36. The normalized spacial score (nSPS) is 20.2. The molecule has 276 valence electrons. The van der Waals surface area contributed by atoms with E-state index in [0.29, 0.717) is 54.4 Å². The molecule has 0 spiro atoms. The molecule has 0 radical (unpaired) electrons. The number of aliphatic hydroxyl groups is 1. The number of aromatic nitrogens is 2. The standard InChI is InChI=1S/C38H40ClF3N4O6/c1-20(36(47)48)43-19-22-15-29(38(40,41)42)35(46-34(22)51-4)52-31-14-12-25-24(7-5-8-26(25)31)27-9-6-10-28(32(27)39)30-13-11-21(33(45-30)50-3)18-44-23-16-37(2,49)17-23/h5-11,13,15,20,23,31,43-44,49H,12,14,16-19H2,1-4H3,(H,47,48)/t20-,23-,31-,37-/m0/s1. The predicted molar refractivity (Wildman–Crippen MR) is 189 cm³/mol. The number of hydrogen-bond acceptors (Lipinski definition) is 9. The van der Waals surface area contributed by atoms with Crippen LogP contribution in [-0.4, -0.2) is 58.1 Å². The first-order valence-corrected chi connectivity index (χ1v) is 17.3. The van der Waals surface area contributed by atoms with E-state index in [9.17, 15) is 28.2 Å². The Balaban J connectivity index is 1.26. The van der Waals surface area contributed by atoms with Crippen molar-refractivity contribution in [1.29, 1.82) is 0 Å². The summed E-state index contributed by atoms with van der Waals surface area (Å²) in [6.07, 6.45) is -3.25. The molecule has 4 aromatic rings. The molecular formula is C38H40ClF3N4O6. The van der Waals surface area contributed by atoms with E-state index in [1.165, 1.54) is 14.0 Å². The monoisotopic (exact) mass is 740 g/mol. The van der Waals surface area contributed by atoms with Gasteiger partial charge >= 0.3 is 12.1 Å². The number of methoxy groups -OCH3 is 2. The highest BCUT2D eigenvalue weighted by Crippen LogP contribution is 2.46. The summed E-state index contributed by atoms with van der Waals surface area (Å²) in [4.78, 5) is 20.1. The summed E-state index contributed by atoms with van der Waals surface area (Å²) in [5.41, 5.74) is 3.69. The molecule has 2 atom stereocenters. The van der Waals surface area contributed by atoms with Crippen molar-refractivity contribution < 1.29 is 42.4 Å². The molecule has 1 fully saturated rings. The third kappa shape index (κ3) is 7.82. The van der Waals surface area contributed by atoms with Crippen molar-refractivity contribution in [2.75, 3.05) is 14.2 Å². The van der Waals surface area contributed by atoms with Gasteiger partial charge in [0.1, 0.15) is 17.7 Å². The summed E-state index contributed by atoms with van der Waals surface area (Å²) in [7, 11) is 2.84. The smallest absolute Gasteiger partial charge is 0.421 e. The topological polar surface area (TPSA) is 135 Å². The first-order valence-electron chi connectivity index (χ1n) is 16.9. The first-order chi connectivity index (χ1) is 24.7. The first kappa shape index (κ1) is 37.3. The summed E-state index contributed by atoms with van der Waals surface area (Å²) in [5, 5.41) is 25.8. The number of fused-ring (bicyclic) bond motifs is 1. The van der Waals surface area contributed by atoms with Crippen LogP contribution in [0.25, 0.3) is 22.4 Å². The molecule has 1 saturated carbocycles. The fourth-order valence-electron chi connectivity index (χ4n) is 6.86. The van der Waals surface area contributed by atoms with E-state index < -0.39 is 41.3 Å². The summed E-state index contributed by atoms with van der Waals surface area (Å²) < 4.78 is 60.0. The number of hydrogen-bond donors (Lipinski definition) is 4. The molecule has 52 heavy (non-hydrogen) atoms. The minimum Gasteiger partial charge on any atom is -0.481 e. The molecule has 0 unspecified atom stereocenters. The molecule has 0 amide bonds. The van der Waals surface area contributed by atoms with Crippen LogP contribution in [0.5, 0.6) is 17.6 Å². The third-order valence-corrected chi connectivity index (χ3v) is 10.0. The zero-order chi connectivity index (χ0) is 37.4. The van der Waals surface area contributed by atoms with Gasteiger partial charge in [0.25, 0.3) is 0 Å². The van der Waals surface area contributed by atoms with Crippen molar-refractivity contribution in [3.8, 4) is 40.0 Å². The number of halogens is 4. The molecule has 0 bridgehead atoms. The number of ether oxygens (including phenoxy) is 3. The van der Waals surface area contributed by atoms with Gasteiger partial charge in [0.15, 0.2) is 0 Å². The van der Waals surface area contributed by atoms with Crippen molar-refractivity contribution in [3.63, 3.8) is 0 Å². The van der Waals surface area contributed by atoms with Crippen LogP contribution in [0.3, 0.4) is 0 Å². The molecule has 6 rings (SSSR count). The molecule has 2 aromatic heterocycles. The van der Waals surface area contributed by atoms with Gasteiger partial charge in [0.05, 0.1) is 30.5 Å². The van der Waals surface area contributed by atoms with Crippen molar-refractivity contribution in [3.05, 3.63) is 87.4 Å². The van der Waals surface area contributed by atoms with Gasteiger partial charge in [0, 0.05) is 41.4 Å². The van der Waals surface area contributed by atoms with Crippen LogP contribution in [0.1, 0.15) is 67.0 Å². The Morgan fingerprint density at radius 3 is 2.33 bits per heavy atom. The highest BCUT2D eigenvalue weighted by Gasteiger charge is 2.39. The molecule has 2 aliphatic rings. The van der Waals surface area contributed by atoms with Gasteiger partial charge in [-0.05, 0) is 68.4 Å². The molecule has 2 aliphatic carbocycles. The van der Waals surface area contributed by atoms with Gasteiger partial charge in [-0.1, -0.05) is 54.1 Å². The maximum absolute atomic E-state index is 14.3. The number of rotatable bonds is 13. The van der Waals surface area contributed by atoms with E-state index in [1.807, 2.05) is 55.5 Å². The lowest BCUT2D eigenvalue weighted by atomic mass is 9.77. The fraction of sp³-hybridized carbons (Fsp3) is 0.395. The number of benzene rings is 2. The molecule has 0 saturated heterocycles. The van der Waals surface area contributed by atoms with Crippen molar-refractivity contribution in [2.24, 2.45) is 0 Å². The minimum atomic E-state index is -4.80. The van der Waals surface area contributed by atoms with E-state index in [1.54, 1.807) is 7.11 Å². The van der Waals surface area contributed by atoms with Crippen LogP contribution in [0, 0.1) is 0 Å². The van der Waals surface area contributed by atoms with Gasteiger partial charge in [-0.3, -0.25) is 4.79 Å². The average Bonchev–Trinajstić information content (AvgIpc) is 3.51. The Hall–Kier alpha value is -4.43. The third-order valence-electron chi connectivity index (χ3n) is 9.61. The Bertz CT molecular complexity index is 1970. The summed E-state index contributed by atoms with van der Waals surface area (Å²) >= 11 is 7.08. The quantitative estimate of drug-likeness (QED) is 0.112. The molecule has 14 heteroatoms. The van der Waals surface area contributed by atoms with Crippen LogP contribution >= 0.6 is 11.6 Å². The van der Waals surface area contributed by atoms with Crippen LogP contribution in [0.15, 0.2) is 54.6 Å². The molecule has 2 aromatic carbocycles. The second-order valence-electron chi connectivity index (χ2n) is 13.5. The number of carboxylic acids is 1. The SMILES string of the molecule is COc1nc(-c2cccc(-c3cccc4c3CC[C@@H]4Oc3nc(OC)c(CN[C@@H](C)C(=O)O)cc3C(F)(F)F)c2Cl)ccc1CN[C@H]1C[C@](C)(O)C1. The second-order valence-corrected chi connectivity index (χ2v) is 13.9. The Labute approximate surface area is 304 Å².